The van der Waals surface area contributed by atoms with E-state index in [1.807, 2.05) is 5.32 Å². The molecule has 1 fully saturated rings. The molecule has 1 saturated heterocycles. The zero-order valence-corrected chi connectivity index (χ0v) is 8.04. The van der Waals surface area contributed by atoms with Crippen LogP contribution >= 0.6 is 11.8 Å². The zero-order chi connectivity index (χ0) is 10.8. The number of amides is 1. The Balaban J connectivity index is 2.80. The lowest BCUT2D eigenvalue weighted by atomic mass is 9.93. The summed E-state index contributed by atoms with van der Waals surface area (Å²) in [6, 6.07) is 1.78. The number of carboxylic acid groups (broad SMARTS) is 1. The molecule has 4 N–H and O–H groups in total. The first kappa shape index (κ1) is 11.1. The molecule has 1 aliphatic rings. The maximum absolute atomic E-state index is 10.4. The summed E-state index contributed by atoms with van der Waals surface area (Å²) in [5, 5.41) is 35.9. The Kier molecular flexibility index (Phi) is 2.89. The van der Waals surface area contributed by atoms with Crippen LogP contribution in [0, 0.1) is 11.3 Å². The van der Waals surface area contributed by atoms with Crippen molar-refractivity contribution in [1.29, 1.82) is 5.26 Å². The van der Waals surface area contributed by atoms with Gasteiger partial charge in [-0.1, -0.05) is 11.8 Å². The molecule has 0 saturated carbocycles. The van der Waals surface area contributed by atoms with Gasteiger partial charge in [0.15, 0.2) is 0 Å². The lowest BCUT2D eigenvalue weighted by Crippen LogP contribution is -2.54. The van der Waals surface area contributed by atoms with Crippen LogP contribution < -0.4 is 5.32 Å². The van der Waals surface area contributed by atoms with E-state index in [1.54, 1.807) is 6.07 Å². The molecule has 1 rings (SSSR count). The van der Waals surface area contributed by atoms with Gasteiger partial charge in [-0.05, 0) is 6.42 Å². The van der Waals surface area contributed by atoms with Crippen molar-refractivity contribution in [3.63, 3.8) is 0 Å². The maximum atomic E-state index is 10.4. The molecule has 6 nitrogen and oxygen atoms in total. The second-order valence-corrected chi connectivity index (χ2v) is 4.49. The summed E-state index contributed by atoms with van der Waals surface area (Å²) in [4.78, 5) is 10.4. The third-order valence-corrected chi connectivity index (χ3v) is 2.97. The van der Waals surface area contributed by atoms with Gasteiger partial charge in [-0.15, -0.1) is 0 Å². The highest BCUT2D eigenvalue weighted by molar-refractivity contribution is 8.00. The number of nitriles is 1. The summed E-state index contributed by atoms with van der Waals surface area (Å²) < 4.78 is 0. The summed E-state index contributed by atoms with van der Waals surface area (Å²) in [6.45, 7) is 0. The van der Waals surface area contributed by atoms with Crippen molar-refractivity contribution in [2.75, 3.05) is 5.75 Å². The fourth-order valence-corrected chi connectivity index (χ4v) is 2.48. The highest BCUT2D eigenvalue weighted by Gasteiger charge is 2.45. The number of carbonyl (C=O) groups is 1. The molecular formula is C7H10N2O4S. The van der Waals surface area contributed by atoms with Crippen LogP contribution in [0.5, 0.6) is 0 Å². The van der Waals surface area contributed by atoms with E-state index in [0.717, 1.165) is 11.8 Å². The Bertz CT molecular complexity index is 288. The van der Waals surface area contributed by atoms with Crippen LogP contribution in [0.15, 0.2) is 0 Å². The molecule has 0 aromatic rings. The van der Waals surface area contributed by atoms with Gasteiger partial charge in [-0.25, -0.2) is 4.79 Å². The smallest absolute Gasteiger partial charge is 0.405 e. The minimum atomic E-state index is -2.03. The molecule has 1 atom stereocenters. The first-order valence-corrected chi connectivity index (χ1v) is 4.89. The van der Waals surface area contributed by atoms with Crippen molar-refractivity contribution < 1.29 is 20.1 Å². The van der Waals surface area contributed by atoms with E-state index in [4.69, 9.17) is 10.4 Å². The number of aliphatic hydroxyl groups is 2. The molecule has 1 aliphatic heterocycles. The summed E-state index contributed by atoms with van der Waals surface area (Å²) in [5.74, 6) is 0.320. The second-order valence-electron chi connectivity index (χ2n) is 3.14. The quantitative estimate of drug-likeness (QED) is 0.449. The Hall–Kier alpha value is -0.970. The molecule has 0 aromatic carbocycles. The van der Waals surface area contributed by atoms with Crippen molar-refractivity contribution in [3.8, 4) is 6.07 Å². The van der Waals surface area contributed by atoms with Gasteiger partial charge in [0.25, 0.3) is 0 Å². The van der Waals surface area contributed by atoms with Gasteiger partial charge in [-0.3, -0.25) is 0 Å². The van der Waals surface area contributed by atoms with Crippen molar-refractivity contribution in [1.82, 2.24) is 5.32 Å². The predicted octanol–water partition coefficient (Wildman–Crippen LogP) is -0.318. The molecule has 0 bridgehead atoms. The Morgan fingerprint density at radius 3 is 2.64 bits per heavy atom. The number of hydrogen-bond acceptors (Lipinski definition) is 5. The van der Waals surface area contributed by atoms with E-state index in [-0.39, 0.29) is 12.8 Å². The van der Waals surface area contributed by atoms with Gasteiger partial charge in [-0.2, -0.15) is 5.26 Å². The third kappa shape index (κ3) is 2.51. The van der Waals surface area contributed by atoms with Crippen molar-refractivity contribution >= 4 is 17.9 Å². The topological polar surface area (TPSA) is 114 Å². The summed E-state index contributed by atoms with van der Waals surface area (Å²) in [5.41, 5.74) is -1.39. The van der Waals surface area contributed by atoms with Crippen LogP contribution in [0.2, 0.25) is 0 Å². The van der Waals surface area contributed by atoms with E-state index in [9.17, 15) is 15.0 Å². The van der Waals surface area contributed by atoms with E-state index in [0.29, 0.717) is 5.75 Å². The number of nitrogens with one attached hydrogen (secondary N) is 1. The molecule has 0 aromatic heterocycles. The average Bonchev–Trinajstić information content (AvgIpc) is 2.01. The highest BCUT2D eigenvalue weighted by atomic mass is 32.2. The Morgan fingerprint density at radius 2 is 2.21 bits per heavy atom. The monoisotopic (exact) mass is 218 g/mol. The first-order chi connectivity index (χ1) is 6.39. The normalized spacial score (nSPS) is 30.4. The van der Waals surface area contributed by atoms with Crippen LogP contribution in [0.3, 0.4) is 0 Å². The van der Waals surface area contributed by atoms with E-state index >= 15 is 0 Å². The van der Waals surface area contributed by atoms with Crippen LogP contribution in [-0.2, 0) is 0 Å². The van der Waals surface area contributed by atoms with Crippen LogP contribution in [-0.4, -0.2) is 37.8 Å². The van der Waals surface area contributed by atoms with Crippen LogP contribution in [0.25, 0.3) is 0 Å². The van der Waals surface area contributed by atoms with Crippen LogP contribution in [0.1, 0.15) is 12.8 Å². The third-order valence-electron chi connectivity index (χ3n) is 1.95. The predicted molar refractivity (Wildman–Crippen MR) is 48.4 cm³/mol. The summed E-state index contributed by atoms with van der Waals surface area (Å²) >= 11 is 0.892. The Morgan fingerprint density at radius 1 is 1.57 bits per heavy atom. The van der Waals surface area contributed by atoms with Gasteiger partial charge >= 0.3 is 6.09 Å². The molecule has 78 valence electrons. The van der Waals surface area contributed by atoms with Crippen LogP contribution in [0.4, 0.5) is 4.79 Å². The lowest BCUT2D eigenvalue weighted by Gasteiger charge is -2.37. The number of nitrogens with zero attached hydrogens (tertiary/aromatic N) is 1. The Labute approximate surface area is 84.5 Å². The number of hydrogen-bond donors (Lipinski definition) is 4. The van der Waals surface area contributed by atoms with Gasteiger partial charge < -0.3 is 20.6 Å². The van der Waals surface area contributed by atoms with Gasteiger partial charge in [0.1, 0.15) is 5.54 Å². The SMILES string of the molecule is N#CC1(NC(=O)O)CCSC(O)(O)C1. The first-order valence-electron chi connectivity index (χ1n) is 3.90. The minimum Gasteiger partial charge on any atom is -0.465 e. The van der Waals surface area contributed by atoms with Crippen molar-refractivity contribution in [2.45, 2.75) is 23.5 Å². The molecule has 0 aliphatic carbocycles. The molecule has 1 amide bonds. The molecule has 1 unspecified atom stereocenters. The molecule has 14 heavy (non-hydrogen) atoms. The number of thioether (sulfide) groups is 1. The molecule has 7 heteroatoms. The molecule has 0 radical (unpaired) electrons. The van der Waals surface area contributed by atoms with Crippen molar-refractivity contribution in [3.05, 3.63) is 0 Å². The summed E-state index contributed by atoms with van der Waals surface area (Å²) in [6.07, 6.45) is -1.40. The molecular weight excluding hydrogens is 208 g/mol. The molecule has 1 heterocycles. The summed E-state index contributed by atoms with van der Waals surface area (Å²) in [7, 11) is 0. The van der Waals surface area contributed by atoms with E-state index < -0.39 is 16.8 Å². The van der Waals surface area contributed by atoms with Crippen molar-refractivity contribution in [2.24, 2.45) is 0 Å². The fraction of sp³-hybridized carbons (Fsp3) is 0.714. The van der Waals surface area contributed by atoms with E-state index in [1.165, 1.54) is 0 Å². The second kappa shape index (κ2) is 3.65. The molecule has 0 spiro atoms. The lowest BCUT2D eigenvalue weighted by molar-refractivity contribution is -0.0958. The van der Waals surface area contributed by atoms with Gasteiger partial charge in [0.05, 0.1) is 6.07 Å². The number of rotatable bonds is 1. The maximum Gasteiger partial charge on any atom is 0.405 e. The van der Waals surface area contributed by atoms with Gasteiger partial charge in [0.2, 0.25) is 5.12 Å². The minimum absolute atomic E-state index is 0.267. The average molecular weight is 218 g/mol. The van der Waals surface area contributed by atoms with Gasteiger partial charge in [0, 0.05) is 12.2 Å². The largest absolute Gasteiger partial charge is 0.465 e. The van der Waals surface area contributed by atoms with E-state index in [2.05, 4.69) is 0 Å². The zero-order valence-electron chi connectivity index (χ0n) is 7.23. The highest BCUT2D eigenvalue weighted by Crippen LogP contribution is 2.37. The standard InChI is InChI=1S/C7H10N2O4S/c8-4-6(9-5(10)11)1-2-14-7(12,13)3-6/h9,12-13H,1-3H2,(H,10,11). The fourth-order valence-electron chi connectivity index (χ4n) is 1.36.